The van der Waals surface area contributed by atoms with Gasteiger partial charge in [0.2, 0.25) is 11.0 Å². The minimum Gasteiger partial charge on any atom is -0.493 e. The minimum atomic E-state index is -0.290. The third-order valence-electron chi connectivity index (χ3n) is 4.80. The third kappa shape index (κ3) is 5.85. The first-order valence-corrected chi connectivity index (χ1v) is 11.3. The summed E-state index contributed by atoms with van der Waals surface area (Å²) in [5.41, 5.74) is 1.80. The van der Waals surface area contributed by atoms with E-state index in [1.54, 1.807) is 13.2 Å². The van der Waals surface area contributed by atoms with Crippen molar-refractivity contribution in [3.63, 3.8) is 0 Å². The smallest absolute Gasteiger partial charge is 0.250 e. The molecule has 1 aliphatic rings. The van der Waals surface area contributed by atoms with Crippen LogP contribution >= 0.6 is 22.9 Å². The van der Waals surface area contributed by atoms with E-state index < -0.39 is 0 Å². The quantitative estimate of drug-likeness (QED) is 0.450. The molecule has 0 aliphatic carbocycles. The van der Waals surface area contributed by atoms with Crippen molar-refractivity contribution in [2.75, 3.05) is 19.0 Å². The van der Waals surface area contributed by atoms with Crippen molar-refractivity contribution in [1.82, 2.24) is 10.2 Å². The number of nitrogens with one attached hydrogen (secondary N) is 1. The fourth-order valence-electron chi connectivity index (χ4n) is 3.16. The molecule has 9 heteroatoms. The van der Waals surface area contributed by atoms with Crippen molar-refractivity contribution >= 4 is 40.1 Å². The Morgan fingerprint density at radius 2 is 2.09 bits per heavy atom. The van der Waals surface area contributed by atoms with Crippen LogP contribution in [0.2, 0.25) is 5.02 Å². The van der Waals surface area contributed by atoms with Crippen molar-refractivity contribution in [3.05, 3.63) is 69.7 Å². The first-order chi connectivity index (χ1) is 15.6. The number of anilines is 1. The van der Waals surface area contributed by atoms with Gasteiger partial charge >= 0.3 is 0 Å². The standard InChI is InChI=1S/C23H22ClN3O4S/c1-29-20-13-15(6-10-18(20)31-14-16-4-8-17(24)9-5-16)7-11-21(28)25-23-27-26-22(32-23)19-3-2-12-30-19/h4-11,13,19H,2-3,12,14H2,1H3,(H,25,27,28). The molecule has 0 spiro atoms. The van der Waals surface area contributed by atoms with Crippen molar-refractivity contribution in [1.29, 1.82) is 0 Å². The van der Waals surface area contributed by atoms with E-state index in [2.05, 4.69) is 15.5 Å². The molecule has 0 bridgehead atoms. The van der Waals surface area contributed by atoms with Gasteiger partial charge in [-0.05, 0) is 54.3 Å². The van der Waals surface area contributed by atoms with E-state index in [0.717, 1.165) is 35.6 Å². The number of carbonyl (C=O) groups excluding carboxylic acids is 1. The van der Waals surface area contributed by atoms with Crippen LogP contribution in [0, 0.1) is 0 Å². The van der Waals surface area contributed by atoms with E-state index in [4.69, 9.17) is 25.8 Å². The summed E-state index contributed by atoms with van der Waals surface area (Å²) in [5.74, 6) is 0.897. The summed E-state index contributed by atoms with van der Waals surface area (Å²) in [5, 5.41) is 12.8. The molecule has 2 aromatic carbocycles. The number of amides is 1. The molecular weight excluding hydrogens is 450 g/mol. The Morgan fingerprint density at radius 1 is 1.25 bits per heavy atom. The zero-order chi connectivity index (χ0) is 22.3. The molecule has 1 fully saturated rings. The van der Waals surface area contributed by atoms with Gasteiger partial charge in [0.1, 0.15) is 17.7 Å². The van der Waals surface area contributed by atoms with E-state index >= 15 is 0 Å². The molecule has 1 aliphatic heterocycles. The molecule has 4 rings (SSSR count). The van der Waals surface area contributed by atoms with Gasteiger partial charge in [-0.3, -0.25) is 10.1 Å². The lowest BCUT2D eigenvalue weighted by Gasteiger charge is -2.11. The van der Waals surface area contributed by atoms with Crippen molar-refractivity contribution in [3.8, 4) is 11.5 Å². The molecule has 0 saturated carbocycles. The second kappa shape index (κ2) is 10.6. The number of halogens is 1. The van der Waals surface area contributed by atoms with Gasteiger partial charge in [-0.25, -0.2) is 0 Å². The second-order valence-corrected chi connectivity index (χ2v) is 8.54. The first kappa shape index (κ1) is 22.3. The van der Waals surface area contributed by atoms with Crippen LogP contribution in [0.4, 0.5) is 5.13 Å². The molecule has 1 unspecified atom stereocenters. The largest absolute Gasteiger partial charge is 0.493 e. The summed E-state index contributed by atoms with van der Waals surface area (Å²) in [6.07, 6.45) is 5.08. The number of hydrogen-bond donors (Lipinski definition) is 1. The number of rotatable bonds is 8. The second-order valence-electron chi connectivity index (χ2n) is 7.10. The van der Waals surface area contributed by atoms with Crippen LogP contribution in [-0.2, 0) is 16.1 Å². The molecule has 3 aromatic rings. The molecule has 1 saturated heterocycles. The lowest BCUT2D eigenvalue weighted by atomic mass is 10.2. The fourth-order valence-corrected chi connectivity index (χ4v) is 4.11. The molecule has 1 aromatic heterocycles. The van der Waals surface area contributed by atoms with Crippen LogP contribution in [0.1, 0.15) is 35.1 Å². The maximum atomic E-state index is 12.3. The van der Waals surface area contributed by atoms with Crippen molar-refractivity contribution in [2.45, 2.75) is 25.6 Å². The zero-order valence-electron chi connectivity index (χ0n) is 17.4. The number of nitrogens with zero attached hydrogens (tertiary/aromatic N) is 2. The van der Waals surface area contributed by atoms with E-state index in [1.807, 2.05) is 42.5 Å². The average Bonchev–Trinajstić information content (AvgIpc) is 3.50. The Balaban J connectivity index is 1.34. The van der Waals surface area contributed by atoms with E-state index in [-0.39, 0.29) is 12.0 Å². The van der Waals surface area contributed by atoms with Gasteiger partial charge in [-0.2, -0.15) is 0 Å². The summed E-state index contributed by atoms with van der Waals surface area (Å²) in [6, 6.07) is 12.9. The Labute approximate surface area is 195 Å². The van der Waals surface area contributed by atoms with Gasteiger partial charge in [0.15, 0.2) is 11.5 Å². The van der Waals surface area contributed by atoms with E-state index in [1.165, 1.54) is 17.4 Å². The molecule has 2 heterocycles. The van der Waals surface area contributed by atoms with Crippen LogP contribution in [-0.4, -0.2) is 29.8 Å². The Hall–Kier alpha value is -2.94. The first-order valence-electron chi connectivity index (χ1n) is 10.1. The Kier molecular flexibility index (Phi) is 7.36. The number of methoxy groups -OCH3 is 1. The predicted octanol–water partition coefficient (Wildman–Crippen LogP) is 5.28. The van der Waals surface area contributed by atoms with Crippen LogP contribution in [0.5, 0.6) is 11.5 Å². The number of carbonyl (C=O) groups is 1. The molecular formula is C23H22ClN3O4S. The highest BCUT2D eigenvalue weighted by Crippen LogP contribution is 2.32. The number of aromatic nitrogens is 2. The Morgan fingerprint density at radius 3 is 2.84 bits per heavy atom. The highest BCUT2D eigenvalue weighted by molar-refractivity contribution is 7.15. The number of ether oxygens (including phenoxy) is 3. The molecule has 7 nitrogen and oxygen atoms in total. The van der Waals surface area contributed by atoms with Crippen LogP contribution in [0.3, 0.4) is 0 Å². The Bertz CT molecular complexity index is 1090. The van der Waals surface area contributed by atoms with Gasteiger partial charge in [-0.15, -0.1) is 10.2 Å². The summed E-state index contributed by atoms with van der Waals surface area (Å²) >= 11 is 7.25. The molecule has 32 heavy (non-hydrogen) atoms. The summed E-state index contributed by atoms with van der Waals surface area (Å²) < 4.78 is 16.9. The summed E-state index contributed by atoms with van der Waals surface area (Å²) in [7, 11) is 1.58. The lowest BCUT2D eigenvalue weighted by molar-refractivity contribution is -0.111. The third-order valence-corrected chi connectivity index (χ3v) is 5.98. The minimum absolute atomic E-state index is 0.0124. The number of hydrogen-bond acceptors (Lipinski definition) is 7. The molecule has 0 radical (unpaired) electrons. The van der Waals surface area contributed by atoms with Gasteiger partial charge in [0, 0.05) is 17.7 Å². The zero-order valence-corrected chi connectivity index (χ0v) is 19.0. The molecule has 1 amide bonds. The van der Waals surface area contributed by atoms with Crippen LogP contribution in [0.25, 0.3) is 6.08 Å². The van der Waals surface area contributed by atoms with Gasteiger partial charge < -0.3 is 14.2 Å². The topological polar surface area (TPSA) is 82.6 Å². The normalized spacial score (nSPS) is 15.8. The van der Waals surface area contributed by atoms with Crippen molar-refractivity contribution in [2.24, 2.45) is 0 Å². The van der Waals surface area contributed by atoms with Crippen molar-refractivity contribution < 1.29 is 19.0 Å². The highest BCUT2D eigenvalue weighted by atomic mass is 35.5. The lowest BCUT2D eigenvalue weighted by Crippen LogP contribution is -2.07. The summed E-state index contributed by atoms with van der Waals surface area (Å²) in [6.45, 7) is 1.13. The molecule has 1 atom stereocenters. The fraction of sp³-hybridized carbons (Fsp3) is 0.261. The SMILES string of the molecule is COc1cc(C=CC(=O)Nc2nnc(C3CCCO3)s2)ccc1OCc1ccc(Cl)cc1. The maximum Gasteiger partial charge on any atom is 0.250 e. The highest BCUT2D eigenvalue weighted by Gasteiger charge is 2.22. The predicted molar refractivity (Wildman–Crippen MR) is 124 cm³/mol. The van der Waals surface area contributed by atoms with Crippen LogP contribution in [0.15, 0.2) is 48.5 Å². The van der Waals surface area contributed by atoms with Gasteiger partial charge in [-0.1, -0.05) is 41.1 Å². The molecule has 166 valence electrons. The van der Waals surface area contributed by atoms with Gasteiger partial charge in [0.05, 0.1) is 7.11 Å². The van der Waals surface area contributed by atoms with Crippen LogP contribution < -0.4 is 14.8 Å². The monoisotopic (exact) mass is 471 g/mol. The molecule has 1 N–H and O–H groups in total. The summed E-state index contributed by atoms with van der Waals surface area (Å²) in [4.78, 5) is 12.3. The number of benzene rings is 2. The maximum absolute atomic E-state index is 12.3. The average molecular weight is 472 g/mol. The van der Waals surface area contributed by atoms with Gasteiger partial charge in [0.25, 0.3) is 0 Å². The van der Waals surface area contributed by atoms with E-state index in [9.17, 15) is 4.79 Å². The van der Waals surface area contributed by atoms with E-state index in [0.29, 0.717) is 28.3 Å².